The van der Waals surface area contributed by atoms with Gasteiger partial charge in [-0.3, -0.25) is 0 Å². The molecular weight excluding hydrogens is 164 g/mol. The Morgan fingerprint density at radius 2 is 2.38 bits per heavy atom. The summed E-state index contributed by atoms with van der Waals surface area (Å²) in [5, 5.41) is 4.26. The smallest absolute Gasteiger partial charge is 0.117 e. The van der Waals surface area contributed by atoms with Gasteiger partial charge in [-0.25, -0.2) is 4.52 Å². The number of aromatic nitrogens is 2. The Bertz CT molecular complexity index is 457. The summed E-state index contributed by atoms with van der Waals surface area (Å²) in [4.78, 5) is 0. The van der Waals surface area contributed by atoms with Crippen LogP contribution < -0.4 is 0 Å². The second-order valence-electron chi connectivity index (χ2n) is 3.61. The summed E-state index contributed by atoms with van der Waals surface area (Å²) in [5.41, 5.74) is 2.25. The third-order valence-corrected chi connectivity index (χ3v) is 2.57. The maximum absolute atomic E-state index is 5.40. The van der Waals surface area contributed by atoms with Crippen molar-refractivity contribution in [1.29, 1.82) is 0 Å². The van der Waals surface area contributed by atoms with Gasteiger partial charge in [0.05, 0.1) is 18.3 Å². The summed E-state index contributed by atoms with van der Waals surface area (Å²) >= 11 is 0. The van der Waals surface area contributed by atoms with Crippen molar-refractivity contribution in [2.24, 2.45) is 0 Å². The van der Waals surface area contributed by atoms with Gasteiger partial charge < -0.3 is 4.74 Å². The second-order valence-corrected chi connectivity index (χ2v) is 3.61. The van der Waals surface area contributed by atoms with Crippen molar-refractivity contribution in [3.63, 3.8) is 0 Å². The molecule has 0 radical (unpaired) electrons. The molecule has 2 aromatic rings. The van der Waals surface area contributed by atoms with Gasteiger partial charge >= 0.3 is 0 Å². The Morgan fingerprint density at radius 1 is 1.54 bits per heavy atom. The normalized spacial score (nSPS) is 26.5. The second kappa shape index (κ2) is 2.12. The van der Waals surface area contributed by atoms with E-state index >= 15 is 0 Å². The van der Waals surface area contributed by atoms with Gasteiger partial charge in [-0.2, -0.15) is 5.10 Å². The van der Waals surface area contributed by atoms with E-state index in [2.05, 4.69) is 18.1 Å². The van der Waals surface area contributed by atoms with Crippen LogP contribution in [-0.2, 0) is 10.3 Å². The van der Waals surface area contributed by atoms with Crippen molar-refractivity contribution in [3.05, 3.63) is 36.2 Å². The molecule has 1 fully saturated rings. The Hall–Kier alpha value is -1.35. The van der Waals surface area contributed by atoms with E-state index in [1.807, 2.05) is 29.0 Å². The summed E-state index contributed by atoms with van der Waals surface area (Å²) in [6.45, 7) is 2.90. The zero-order chi connectivity index (χ0) is 8.89. The van der Waals surface area contributed by atoms with Crippen LogP contribution in [0.1, 0.15) is 12.5 Å². The first-order valence-corrected chi connectivity index (χ1v) is 4.36. The van der Waals surface area contributed by atoms with E-state index in [9.17, 15) is 0 Å². The minimum Gasteiger partial charge on any atom is -0.365 e. The summed E-state index contributed by atoms with van der Waals surface area (Å²) in [7, 11) is 0. The molecule has 1 aliphatic rings. The Kier molecular flexibility index (Phi) is 1.15. The first kappa shape index (κ1) is 7.09. The molecule has 1 saturated heterocycles. The standard InChI is InChI=1S/C10H10N2O/c1-10(7-13-10)8-6-11-12-5-3-2-4-9(8)12/h2-6H,7H2,1H3. The molecule has 0 aromatic carbocycles. The average Bonchev–Trinajstić information content (AvgIpc) is 2.76. The fourth-order valence-electron chi connectivity index (χ4n) is 1.61. The molecule has 0 amide bonds. The Balaban J connectivity index is 2.30. The molecule has 3 rings (SSSR count). The van der Waals surface area contributed by atoms with E-state index in [0.717, 1.165) is 12.1 Å². The van der Waals surface area contributed by atoms with Crippen LogP contribution in [0.25, 0.3) is 5.52 Å². The first-order valence-electron chi connectivity index (χ1n) is 4.36. The molecule has 0 aliphatic carbocycles. The van der Waals surface area contributed by atoms with Gasteiger partial charge in [0.15, 0.2) is 0 Å². The summed E-state index contributed by atoms with van der Waals surface area (Å²) in [6, 6.07) is 6.06. The lowest BCUT2D eigenvalue weighted by molar-refractivity contribution is 0.331. The molecule has 1 aliphatic heterocycles. The highest BCUT2D eigenvalue weighted by molar-refractivity contribution is 5.57. The van der Waals surface area contributed by atoms with Crippen LogP contribution in [0.4, 0.5) is 0 Å². The van der Waals surface area contributed by atoms with Gasteiger partial charge in [0.1, 0.15) is 5.60 Å². The third kappa shape index (κ3) is 0.906. The predicted octanol–water partition coefficient (Wildman–Crippen LogP) is 1.58. The molecule has 66 valence electrons. The molecule has 0 bridgehead atoms. The van der Waals surface area contributed by atoms with Crippen LogP contribution in [0.2, 0.25) is 0 Å². The number of hydrogen-bond donors (Lipinski definition) is 0. The van der Waals surface area contributed by atoms with Gasteiger partial charge in [0, 0.05) is 11.8 Å². The van der Waals surface area contributed by atoms with Crippen molar-refractivity contribution in [2.75, 3.05) is 6.61 Å². The van der Waals surface area contributed by atoms with Crippen molar-refractivity contribution in [1.82, 2.24) is 9.61 Å². The molecule has 3 nitrogen and oxygen atoms in total. The molecule has 13 heavy (non-hydrogen) atoms. The average molecular weight is 174 g/mol. The molecule has 1 unspecified atom stereocenters. The molecule has 0 N–H and O–H groups in total. The summed E-state index contributed by atoms with van der Waals surface area (Å²) in [6.07, 6.45) is 3.84. The Labute approximate surface area is 75.9 Å². The van der Waals surface area contributed by atoms with Crippen molar-refractivity contribution in [3.8, 4) is 0 Å². The van der Waals surface area contributed by atoms with Crippen molar-refractivity contribution in [2.45, 2.75) is 12.5 Å². The van der Waals surface area contributed by atoms with Crippen molar-refractivity contribution >= 4 is 5.52 Å². The molecule has 0 saturated carbocycles. The molecule has 1 atom stereocenters. The third-order valence-electron chi connectivity index (χ3n) is 2.57. The quantitative estimate of drug-likeness (QED) is 0.614. The molecule has 3 heteroatoms. The fourth-order valence-corrected chi connectivity index (χ4v) is 1.61. The van der Waals surface area contributed by atoms with Crippen LogP contribution >= 0.6 is 0 Å². The lowest BCUT2D eigenvalue weighted by atomic mass is 10.0. The maximum atomic E-state index is 5.40. The minimum absolute atomic E-state index is 0.0803. The van der Waals surface area contributed by atoms with Gasteiger partial charge in [-0.05, 0) is 19.1 Å². The lowest BCUT2D eigenvalue weighted by Crippen LogP contribution is -2.00. The van der Waals surface area contributed by atoms with Crippen molar-refractivity contribution < 1.29 is 4.74 Å². The summed E-state index contributed by atoms with van der Waals surface area (Å²) < 4.78 is 7.27. The monoisotopic (exact) mass is 174 g/mol. The number of hydrogen-bond acceptors (Lipinski definition) is 2. The number of nitrogens with zero attached hydrogens (tertiary/aromatic N) is 2. The van der Waals surface area contributed by atoms with Crippen LogP contribution in [0, 0.1) is 0 Å². The SMILES string of the molecule is CC1(c2cnn3ccccc23)CO1. The van der Waals surface area contributed by atoms with Crippen LogP contribution in [0.3, 0.4) is 0 Å². The lowest BCUT2D eigenvalue weighted by Gasteiger charge is -2.01. The molecule has 3 heterocycles. The largest absolute Gasteiger partial charge is 0.365 e. The molecule has 2 aromatic heterocycles. The van der Waals surface area contributed by atoms with Crippen LogP contribution in [-0.4, -0.2) is 16.2 Å². The molecule has 0 spiro atoms. The van der Waals surface area contributed by atoms with E-state index in [1.165, 1.54) is 5.56 Å². The predicted molar refractivity (Wildman–Crippen MR) is 48.5 cm³/mol. The van der Waals surface area contributed by atoms with Gasteiger partial charge in [-0.1, -0.05) is 6.07 Å². The topological polar surface area (TPSA) is 29.8 Å². The molecular formula is C10H10N2O. The number of epoxide rings is 1. The first-order chi connectivity index (χ1) is 6.30. The Morgan fingerprint density at radius 3 is 3.15 bits per heavy atom. The highest BCUT2D eigenvalue weighted by atomic mass is 16.6. The highest BCUT2D eigenvalue weighted by Crippen LogP contribution is 2.39. The maximum Gasteiger partial charge on any atom is 0.117 e. The van der Waals surface area contributed by atoms with Gasteiger partial charge in [0.2, 0.25) is 0 Å². The van der Waals surface area contributed by atoms with Crippen LogP contribution in [0.5, 0.6) is 0 Å². The van der Waals surface area contributed by atoms with E-state index in [-0.39, 0.29) is 5.60 Å². The van der Waals surface area contributed by atoms with E-state index < -0.39 is 0 Å². The number of rotatable bonds is 1. The fraction of sp³-hybridized carbons (Fsp3) is 0.300. The van der Waals surface area contributed by atoms with E-state index in [4.69, 9.17) is 4.74 Å². The number of pyridine rings is 1. The van der Waals surface area contributed by atoms with Gasteiger partial charge in [0.25, 0.3) is 0 Å². The minimum atomic E-state index is -0.0803. The van der Waals surface area contributed by atoms with Gasteiger partial charge in [-0.15, -0.1) is 0 Å². The number of fused-ring (bicyclic) bond motifs is 1. The van der Waals surface area contributed by atoms with Crippen LogP contribution in [0.15, 0.2) is 30.6 Å². The van der Waals surface area contributed by atoms with E-state index in [1.54, 1.807) is 0 Å². The summed E-state index contributed by atoms with van der Waals surface area (Å²) in [5.74, 6) is 0. The van der Waals surface area contributed by atoms with E-state index in [0.29, 0.717) is 0 Å². The highest BCUT2D eigenvalue weighted by Gasteiger charge is 2.43. The zero-order valence-corrected chi connectivity index (χ0v) is 7.40. The zero-order valence-electron chi connectivity index (χ0n) is 7.40. The number of ether oxygens (including phenoxy) is 1.